The highest BCUT2D eigenvalue weighted by molar-refractivity contribution is 6.16. The van der Waals surface area contributed by atoms with E-state index in [-0.39, 0.29) is 0 Å². The van der Waals surface area contributed by atoms with E-state index in [1.165, 1.54) is 87.5 Å². The molecular weight excluding hydrogens is 749 g/mol. The van der Waals surface area contributed by atoms with Crippen LogP contribution in [0.15, 0.2) is 243 Å². The fraction of sp³-hybridized carbons (Fsp3) is 0. The average Bonchev–Trinajstić information content (AvgIpc) is 3.69. The summed E-state index contributed by atoms with van der Waals surface area (Å²) in [4.78, 5) is 2.40. The lowest BCUT2D eigenvalue weighted by Crippen LogP contribution is -2.10. The second-order valence-corrected chi connectivity index (χ2v) is 16.1. The number of benzene rings is 11. The van der Waals surface area contributed by atoms with Gasteiger partial charge in [0.15, 0.2) is 0 Å². The molecule has 0 fully saturated rings. The average molecular weight is 789 g/mol. The molecule has 0 N–H and O–H groups in total. The lowest BCUT2D eigenvalue weighted by atomic mass is 9.91. The smallest absolute Gasteiger partial charge is 0.0547 e. The third-order valence-electron chi connectivity index (χ3n) is 12.5. The van der Waals surface area contributed by atoms with Gasteiger partial charge in [0.05, 0.1) is 11.0 Å². The second-order valence-electron chi connectivity index (χ2n) is 16.1. The van der Waals surface area contributed by atoms with Crippen molar-refractivity contribution in [2.75, 3.05) is 4.90 Å². The van der Waals surface area contributed by atoms with Gasteiger partial charge in [-0.15, -0.1) is 0 Å². The molecule has 0 saturated heterocycles. The molecule has 62 heavy (non-hydrogen) atoms. The fourth-order valence-electron chi connectivity index (χ4n) is 9.61. The zero-order valence-electron chi connectivity index (χ0n) is 34.0. The van der Waals surface area contributed by atoms with Crippen molar-refractivity contribution in [3.63, 3.8) is 0 Å². The number of rotatable bonds is 7. The maximum Gasteiger partial charge on any atom is 0.0547 e. The molecule has 11 aromatic carbocycles. The molecule has 1 heterocycles. The van der Waals surface area contributed by atoms with Crippen molar-refractivity contribution < 1.29 is 0 Å². The third-order valence-corrected chi connectivity index (χ3v) is 12.5. The van der Waals surface area contributed by atoms with Gasteiger partial charge >= 0.3 is 0 Å². The van der Waals surface area contributed by atoms with Crippen LogP contribution in [-0.2, 0) is 0 Å². The molecular formula is C60H40N2. The van der Waals surface area contributed by atoms with Crippen LogP contribution < -0.4 is 4.90 Å². The number of aromatic nitrogens is 1. The maximum absolute atomic E-state index is 2.40. The Balaban J connectivity index is 1.00. The van der Waals surface area contributed by atoms with Gasteiger partial charge < -0.3 is 9.47 Å². The fourth-order valence-corrected chi connectivity index (χ4v) is 9.61. The molecule has 0 spiro atoms. The largest absolute Gasteiger partial charge is 0.310 e. The molecule has 0 aliphatic heterocycles. The summed E-state index contributed by atoms with van der Waals surface area (Å²) in [7, 11) is 0. The summed E-state index contributed by atoms with van der Waals surface area (Å²) in [5, 5.41) is 9.94. The van der Waals surface area contributed by atoms with E-state index < -0.39 is 0 Å². The van der Waals surface area contributed by atoms with Crippen LogP contribution in [0.5, 0.6) is 0 Å². The summed E-state index contributed by atoms with van der Waals surface area (Å²) in [6, 6.07) is 88.5. The van der Waals surface area contributed by atoms with Crippen LogP contribution in [0.25, 0.3) is 93.2 Å². The molecule has 0 aliphatic carbocycles. The molecule has 0 unspecified atom stereocenters. The summed E-state index contributed by atoms with van der Waals surface area (Å²) in [6.45, 7) is 0. The van der Waals surface area contributed by atoms with Crippen molar-refractivity contribution in [3.8, 4) is 39.1 Å². The highest BCUT2D eigenvalue weighted by atomic mass is 15.1. The molecule has 0 amide bonds. The van der Waals surface area contributed by atoms with Crippen LogP contribution >= 0.6 is 0 Å². The van der Waals surface area contributed by atoms with E-state index in [2.05, 4.69) is 252 Å². The lowest BCUT2D eigenvalue weighted by Gasteiger charge is -2.26. The molecule has 0 atom stereocenters. The minimum absolute atomic E-state index is 1.09. The van der Waals surface area contributed by atoms with E-state index >= 15 is 0 Å². The van der Waals surface area contributed by atoms with Gasteiger partial charge in [-0.3, -0.25) is 0 Å². The van der Waals surface area contributed by atoms with Crippen molar-refractivity contribution in [1.82, 2.24) is 4.57 Å². The Hall–Kier alpha value is -8.20. The highest BCUT2D eigenvalue weighted by Crippen LogP contribution is 2.43. The van der Waals surface area contributed by atoms with Crippen LogP contribution in [0.1, 0.15) is 0 Å². The molecule has 1 aromatic heterocycles. The van der Waals surface area contributed by atoms with Gasteiger partial charge in [-0.25, -0.2) is 0 Å². The molecule has 12 aromatic rings. The second kappa shape index (κ2) is 14.8. The molecule has 0 saturated carbocycles. The Bertz CT molecular complexity index is 3600. The Labute approximate surface area is 360 Å². The predicted octanol–water partition coefficient (Wildman–Crippen LogP) is 16.7. The molecule has 0 aliphatic rings. The van der Waals surface area contributed by atoms with Crippen molar-refractivity contribution >= 4 is 71.2 Å². The van der Waals surface area contributed by atoms with Crippen molar-refractivity contribution in [1.29, 1.82) is 0 Å². The molecule has 2 nitrogen and oxygen atoms in total. The first-order valence-electron chi connectivity index (χ1n) is 21.3. The highest BCUT2D eigenvalue weighted by Gasteiger charge is 2.19. The van der Waals surface area contributed by atoms with Gasteiger partial charge in [0.2, 0.25) is 0 Å². The summed E-state index contributed by atoms with van der Waals surface area (Å²) in [6.07, 6.45) is 0. The van der Waals surface area contributed by atoms with Gasteiger partial charge in [-0.1, -0.05) is 170 Å². The summed E-state index contributed by atoms with van der Waals surface area (Å²) >= 11 is 0. The van der Waals surface area contributed by atoms with E-state index in [1.54, 1.807) is 0 Å². The summed E-state index contributed by atoms with van der Waals surface area (Å²) in [5.74, 6) is 0. The van der Waals surface area contributed by atoms with Crippen LogP contribution in [-0.4, -0.2) is 4.57 Å². The molecule has 0 bridgehead atoms. The van der Waals surface area contributed by atoms with Gasteiger partial charge in [0, 0.05) is 33.5 Å². The molecule has 0 radical (unpaired) electrons. The zero-order valence-corrected chi connectivity index (χ0v) is 34.0. The Kier molecular flexibility index (Phi) is 8.53. The lowest BCUT2D eigenvalue weighted by molar-refractivity contribution is 1.18. The topological polar surface area (TPSA) is 8.17 Å². The first-order valence-corrected chi connectivity index (χ1v) is 21.3. The van der Waals surface area contributed by atoms with E-state index in [4.69, 9.17) is 0 Å². The standard InChI is InChI=1S/C60H40N2/c1-3-14-41(15-4-1)55-38-46-17-7-8-18-47(46)39-56(55)45-30-35-50(36-31-45)61(51-37-32-44-27-26-42-16-9-10-21-52(42)57(44)40-51)49-33-28-43(29-34-49)53-23-13-25-59-60(53)54-22-11-12-24-58(54)62(59)48-19-5-2-6-20-48/h1-40H. The maximum atomic E-state index is 2.40. The van der Waals surface area contributed by atoms with Crippen LogP contribution in [0.2, 0.25) is 0 Å². The van der Waals surface area contributed by atoms with Crippen LogP contribution in [0.3, 0.4) is 0 Å². The SMILES string of the molecule is c1ccc(-c2cc3ccccc3cc2-c2ccc(N(c3ccc(-c4cccc5c4c4ccccc4n5-c4ccccc4)cc3)c3ccc4ccc5ccccc5c4c3)cc2)cc1. The van der Waals surface area contributed by atoms with Gasteiger partial charge in [0.25, 0.3) is 0 Å². The third kappa shape index (κ3) is 6.04. The number of hydrogen-bond acceptors (Lipinski definition) is 1. The predicted molar refractivity (Wildman–Crippen MR) is 264 cm³/mol. The first kappa shape index (κ1) is 35.7. The summed E-state index contributed by atoms with van der Waals surface area (Å²) in [5.41, 5.74) is 14.1. The van der Waals surface area contributed by atoms with Crippen molar-refractivity contribution in [2.24, 2.45) is 0 Å². The van der Waals surface area contributed by atoms with Gasteiger partial charge in [-0.05, 0) is 138 Å². The van der Waals surface area contributed by atoms with E-state index in [0.717, 1.165) is 22.7 Å². The number of anilines is 3. The number of fused-ring (bicyclic) bond motifs is 7. The first-order chi connectivity index (χ1) is 30.7. The number of hydrogen-bond donors (Lipinski definition) is 0. The van der Waals surface area contributed by atoms with E-state index in [9.17, 15) is 0 Å². The Morgan fingerprint density at radius 1 is 0.274 bits per heavy atom. The molecule has 2 heteroatoms. The number of nitrogens with zero attached hydrogens (tertiary/aromatic N) is 2. The normalized spacial score (nSPS) is 11.5. The minimum Gasteiger partial charge on any atom is -0.310 e. The zero-order chi connectivity index (χ0) is 41.0. The van der Waals surface area contributed by atoms with E-state index in [1.807, 2.05) is 0 Å². The Morgan fingerprint density at radius 2 is 0.758 bits per heavy atom. The van der Waals surface area contributed by atoms with E-state index in [0.29, 0.717) is 0 Å². The van der Waals surface area contributed by atoms with Crippen molar-refractivity contribution in [3.05, 3.63) is 243 Å². The molecule has 290 valence electrons. The van der Waals surface area contributed by atoms with Crippen molar-refractivity contribution in [2.45, 2.75) is 0 Å². The monoisotopic (exact) mass is 788 g/mol. The Morgan fingerprint density at radius 3 is 1.44 bits per heavy atom. The van der Waals surface area contributed by atoms with Crippen LogP contribution in [0.4, 0.5) is 17.1 Å². The number of para-hydroxylation sites is 2. The van der Waals surface area contributed by atoms with Gasteiger partial charge in [0.1, 0.15) is 0 Å². The van der Waals surface area contributed by atoms with Crippen LogP contribution in [0, 0.1) is 0 Å². The minimum atomic E-state index is 1.09. The quantitative estimate of drug-likeness (QED) is 0.146. The summed E-state index contributed by atoms with van der Waals surface area (Å²) < 4.78 is 2.39. The molecule has 12 rings (SSSR count). The van der Waals surface area contributed by atoms with Gasteiger partial charge in [-0.2, -0.15) is 0 Å².